The van der Waals surface area contributed by atoms with Crippen LogP contribution in [0.3, 0.4) is 0 Å². The Hall–Kier alpha value is -2.87. The first-order valence-corrected chi connectivity index (χ1v) is 8.11. The van der Waals surface area contributed by atoms with E-state index in [0.717, 1.165) is 17.0 Å². The van der Waals surface area contributed by atoms with Crippen LogP contribution in [0.25, 0.3) is 5.69 Å². The third kappa shape index (κ3) is 3.09. The van der Waals surface area contributed by atoms with Gasteiger partial charge in [-0.15, -0.1) is 0 Å². The summed E-state index contributed by atoms with van der Waals surface area (Å²) in [6.45, 7) is 2.08. The third-order valence-electron chi connectivity index (χ3n) is 3.58. The van der Waals surface area contributed by atoms with Gasteiger partial charge < -0.3 is 15.0 Å². The lowest BCUT2D eigenvalue weighted by atomic mass is 10.2. The predicted octanol–water partition coefficient (Wildman–Crippen LogP) is 1.87. The van der Waals surface area contributed by atoms with Crippen LogP contribution in [0.2, 0.25) is 0 Å². The standard InChI is InChI=1S/C16H16N4O3S/c1-10-12(15(21)17-7-11-9-24-16(22)19-11)8-18-20(10)13-5-3-4-6-14(13)23-2/h3-6,8-9H,7H2,1-2H3,(H,17,21)(H,19,22). The maximum atomic E-state index is 12.4. The van der Waals surface area contributed by atoms with E-state index in [-0.39, 0.29) is 17.3 Å². The molecule has 0 atom stereocenters. The molecule has 0 spiro atoms. The summed E-state index contributed by atoms with van der Waals surface area (Å²) >= 11 is 1.07. The summed E-state index contributed by atoms with van der Waals surface area (Å²) < 4.78 is 7.01. The number of benzene rings is 1. The van der Waals surface area contributed by atoms with Crippen LogP contribution < -0.4 is 14.9 Å². The molecule has 3 aromatic rings. The number of rotatable bonds is 5. The average molecular weight is 344 g/mol. The molecule has 0 aliphatic carbocycles. The molecular weight excluding hydrogens is 328 g/mol. The number of nitrogens with zero attached hydrogens (tertiary/aromatic N) is 2. The number of ether oxygens (including phenoxy) is 1. The number of H-pyrrole nitrogens is 1. The normalized spacial score (nSPS) is 10.6. The highest BCUT2D eigenvalue weighted by Crippen LogP contribution is 2.23. The minimum Gasteiger partial charge on any atom is -0.494 e. The molecule has 0 aliphatic heterocycles. The highest BCUT2D eigenvalue weighted by atomic mass is 32.1. The van der Waals surface area contributed by atoms with E-state index in [1.165, 1.54) is 6.20 Å². The molecule has 0 unspecified atom stereocenters. The van der Waals surface area contributed by atoms with Gasteiger partial charge in [0.15, 0.2) is 0 Å². The summed E-state index contributed by atoms with van der Waals surface area (Å²) in [7, 11) is 1.59. The number of nitrogens with one attached hydrogen (secondary N) is 2. The Kier molecular flexibility index (Phi) is 4.48. The molecule has 2 heterocycles. The Morgan fingerprint density at radius 3 is 2.92 bits per heavy atom. The fraction of sp³-hybridized carbons (Fsp3) is 0.188. The second-order valence-electron chi connectivity index (χ2n) is 5.08. The zero-order valence-electron chi connectivity index (χ0n) is 13.2. The van der Waals surface area contributed by atoms with Gasteiger partial charge >= 0.3 is 4.87 Å². The SMILES string of the molecule is COc1ccccc1-n1ncc(C(=O)NCc2csc(=O)[nH]2)c1C. The largest absolute Gasteiger partial charge is 0.494 e. The Bertz CT molecular complexity index is 925. The number of carbonyl (C=O) groups excluding carboxylic acids is 1. The van der Waals surface area contributed by atoms with Crippen LogP contribution in [0, 0.1) is 6.92 Å². The van der Waals surface area contributed by atoms with Crippen LogP contribution in [-0.2, 0) is 6.54 Å². The second-order valence-corrected chi connectivity index (χ2v) is 5.93. The number of amides is 1. The zero-order chi connectivity index (χ0) is 17.1. The molecule has 0 fully saturated rings. The molecule has 8 heteroatoms. The number of aromatic nitrogens is 3. The fourth-order valence-electron chi connectivity index (χ4n) is 2.35. The first-order valence-electron chi connectivity index (χ1n) is 7.23. The Labute approximate surface area is 141 Å². The maximum absolute atomic E-state index is 12.4. The summed E-state index contributed by atoms with van der Waals surface area (Å²) in [4.78, 5) is 26.0. The molecule has 0 saturated heterocycles. The van der Waals surface area contributed by atoms with Crippen molar-refractivity contribution in [2.45, 2.75) is 13.5 Å². The van der Waals surface area contributed by atoms with Gasteiger partial charge in [-0.3, -0.25) is 9.59 Å². The summed E-state index contributed by atoms with van der Waals surface area (Å²) in [5.41, 5.74) is 2.61. The van der Waals surface area contributed by atoms with Gasteiger partial charge in [0.25, 0.3) is 5.91 Å². The fourth-order valence-corrected chi connectivity index (χ4v) is 2.93. The Morgan fingerprint density at radius 1 is 1.42 bits per heavy atom. The van der Waals surface area contributed by atoms with E-state index in [9.17, 15) is 9.59 Å². The van der Waals surface area contributed by atoms with Crippen LogP contribution in [0.1, 0.15) is 21.7 Å². The van der Waals surface area contributed by atoms with E-state index in [1.54, 1.807) is 17.2 Å². The van der Waals surface area contributed by atoms with Crippen molar-refractivity contribution in [1.82, 2.24) is 20.1 Å². The Balaban J connectivity index is 1.81. The summed E-state index contributed by atoms with van der Waals surface area (Å²) in [5, 5.41) is 8.76. The van der Waals surface area contributed by atoms with E-state index < -0.39 is 0 Å². The number of thiazole rings is 1. The van der Waals surface area contributed by atoms with Gasteiger partial charge in [0, 0.05) is 11.1 Å². The highest BCUT2D eigenvalue weighted by molar-refractivity contribution is 7.07. The summed E-state index contributed by atoms with van der Waals surface area (Å²) in [6.07, 6.45) is 1.52. The van der Waals surface area contributed by atoms with E-state index in [1.807, 2.05) is 31.2 Å². The highest BCUT2D eigenvalue weighted by Gasteiger charge is 2.16. The number of hydrogen-bond acceptors (Lipinski definition) is 5. The molecule has 0 saturated carbocycles. The van der Waals surface area contributed by atoms with Gasteiger partial charge in [-0.2, -0.15) is 5.10 Å². The van der Waals surface area contributed by atoms with Gasteiger partial charge in [0.05, 0.1) is 31.1 Å². The zero-order valence-corrected chi connectivity index (χ0v) is 14.0. The van der Waals surface area contributed by atoms with Crippen molar-refractivity contribution in [3.05, 3.63) is 62.5 Å². The third-order valence-corrected chi connectivity index (χ3v) is 4.30. The topological polar surface area (TPSA) is 89.0 Å². The molecule has 3 rings (SSSR count). The number of methoxy groups -OCH3 is 1. The molecule has 2 N–H and O–H groups in total. The molecule has 7 nitrogen and oxygen atoms in total. The van der Waals surface area contributed by atoms with E-state index >= 15 is 0 Å². The summed E-state index contributed by atoms with van der Waals surface area (Å²) in [6, 6.07) is 7.46. The number of hydrogen-bond donors (Lipinski definition) is 2. The number of para-hydroxylation sites is 2. The van der Waals surface area contributed by atoms with Gasteiger partial charge in [0.2, 0.25) is 0 Å². The quantitative estimate of drug-likeness (QED) is 0.739. The van der Waals surface area contributed by atoms with E-state index in [2.05, 4.69) is 15.4 Å². The maximum Gasteiger partial charge on any atom is 0.304 e. The molecule has 2 aromatic heterocycles. The van der Waals surface area contributed by atoms with Gasteiger partial charge in [0.1, 0.15) is 11.4 Å². The summed E-state index contributed by atoms with van der Waals surface area (Å²) in [5.74, 6) is 0.423. The van der Waals surface area contributed by atoms with Crippen molar-refractivity contribution in [2.75, 3.05) is 7.11 Å². The monoisotopic (exact) mass is 344 g/mol. The smallest absolute Gasteiger partial charge is 0.304 e. The van der Waals surface area contributed by atoms with Crippen molar-refractivity contribution in [1.29, 1.82) is 0 Å². The lowest BCUT2D eigenvalue weighted by molar-refractivity contribution is 0.0950. The lowest BCUT2D eigenvalue weighted by Crippen LogP contribution is -2.23. The van der Waals surface area contributed by atoms with E-state index in [4.69, 9.17) is 4.74 Å². The first kappa shape index (κ1) is 16.0. The van der Waals surface area contributed by atoms with Crippen LogP contribution >= 0.6 is 11.3 Å². The molecule has 0 bridgehead atoms. The molecule has 0 aliphatic rings. The predicted molar refractivity (Wildman–Crippen MR) is 91.0 cm³/mol. The van der Waals surface area contributed by atoms with Crippen LogP contribution in [-0.4, -0.2) is 27.8 Å². The van der Waals surface area contributed by atoms with Gasteiger partial charge in [-0.25, -0.2) is 4.68 Å². The minimum atomic E-state index is -0.249. The second kappa shape index (κ2) is 6.71. The average Bonchev–Trinajstić information content (AvgIpc) is 3.18. The van der Waals surface area contributed by atoms with Gasteiger partial charge in [-0.05, 0) is 19.1 Å². The van der Waals surface area contributed by atoms with Crippen molar-refractivity contribution in [3.8, 4) is 11.4 Å². The van der Waals surface area contributed by atoms with Crippen LogP contribution in [0.15, 0.2) is 40.6 Å². The van der Waals surface area contributed by atoms with Crippen molar-refractivity contribution >= 4 is 17.2 Å². The van der Waals surface area contributed by atoms with Crippen molar-refractivity contribution < 1.29 is 9.53 Å². The van der Waals surface area contributed by atoms with E-state index in [0.29, 0.717) is 22.7 Å². The van der Waals surface area contributed by atoms with Crippen molar-refractivity contribution in [3.63, 3.8) is 0 Å². The Morgan fingerprint density at radius 2 is 2.21 bits per heavy atom. The number of carbonyl (C=O) groups is 1. The first-order chi connectivity index (χ1) is 11.6. The number of aromatic amines is 1. The molecule has 124 valence electrons. The van der Waals surface area contributed by atoms with Crippen LogP contribution in [0.5, 0.6) is 5.75 Å². The molecule has 0 radical (unpaired) electrons. The van der Waals surface area contributed by atoms with Gasteiger partial charge in [-0.1, -0.05) is 23.5 Å². The van der Waals surface area contributed by atoms with Crippen molar-refractivity contribution in [2.24, 2.45) is 0 Å². The molecular formula is C16H16N4O3S. The lowest BCUT2D eigenvalue weighted by Gasteiger charge is -2.10. The molecule has 1 amide bonds. The molecule has 24 heavy (non-hydrogen) atoms. The molecule has 1 aromatic carbocycles. The minimum absolute atomic E-state index is 0.139. The van der Waals surface area contributed by atoms with Crippen LogP contribution in [0.4, 0.5) is 0 Å².